The summed E-state index contributed by atoms with van der Waals surface area (Å²) in [6, 6.07) is 0.697. The first kappa shape index (κ1) is 17.9. The number of nitrogens with zero attached hydrogens (tertiary/aromatic N) is 2. The van der Waals surface area contributed by atoms with Gasteiger partial charge in [0.25, 0.3) is 0 Å². The monoisotopic (exact) mass is 285 g/mol. The Labute approximate surface area is 125 Å². The van der Waals surface area contributed by atoms with Gasteiger partial charge in [0.05, 0.1) is 6.61 Å². The van der Waals surface area contributed by atoms with Gasteiger partial charge in [-0.1, -0.05) is 13.8 Å². The molecule has 1 aliphatic heterocycles. The Hall–Kier alpha value is -0.160. The Morgan fingerprint density at radius 3 is 2.60 bits per heavy atom. The number of aliphatic hydroxyl groups is 1. The van der Waals surface area contributed by atoms with Crippen LogP contribution in [0.15, 0.2) is 0 Å². The van der Waals surface area contributed by atoms with Crippen molar-refractivity contribution in [2.24, 2.45) is 0 Å². The zero-order chi connectivity index (χ0) is 15.0. The van der Waals surface area contributed by atoms with E-state index in [9.17, 15) is 5.11 Å². The predicted molar refractivity (Wildman–Crippen MR) is 86.2 cm³/mol. The molecule has 0 aliphatic carbocycles. The number of hydrogen-bond donors (Lipinski definition) is 2. The summed E-state index contributed by atoms with van der Waals surface area (Å²) in [6.07, 6.45) is 5.71. The van der Waals surface area contributed by atoms with Crippen LogP contribution < -0.4 is 5.32 Å². The van der Waals surface area contributed by atoms with Gasteiger partial charge in [0.15, 0.2) is 0 Å². The van der Waals surface area contributed by atoms with E-state index in [4.69, 9.17) is 0 Å². The third kappa shape index (κ3) is 4.99. The van der Waals surface area contributed by atoms with Crippen molar-refractivity contribution in [2.45, 2.75) is 57.5 Å². The van der Waals surface area contributed by atoms with Crippen molar-refractivity contribution in [1.82, 2.24) is 15.1 Å². The Morgan fingerprint density at radius 1 is 1.30 bits per heavy atom. The van der Waals surface area contributed by atoms with E-state index in [1.165, 1.54) is 32.5 Å². The van der Waals surface area contributed by atoms with Crippen LogP contribution in [0.3, 0.4) is 0 Å². The number of aliphatic hydroxyl groups excluding tert-OH is 1. The van der Waals surface area contributed by atoms with Crippen LogP contribution in [0, 0.1) is 0 Å². The summed E-state index contributed by atoms with van der Waals surface area (Å²) >= 11 is 0. The van der Waals surface area contributed by atoms with Crippen molar-refractivity contribution in [1.29, 1.82) is 0 Å². The molecule has 4 nitrogen and oxygen atoms in total. The topological polar surface area (TPSA) is 38.7 Å². The van der Waals surface area contributed by atoms with Gasteiger partial charge in [-0.3, -0.25) is 4.90 Å². The minimum Gasteiger partial charge on any atom is -0.394 e. The SMILES string of the molecule is CCC1CN(C)CCCN1CCCC(CC)(CO)NC. The van der Waals surface area contributed by atoms with Gasteiger partial charge in [0.1, 0.15) is 0 Å². The van der Waals surface area contributed by atoms with Crippen LogP contribution >= 0.6 is 0 Å². The van der Waals surface area contributed by atoms with E-state index in [1.807, 2.05) is 7.05 Å². The lowest BCUT2D eigenvalue weighted by molar-refractivity contribution is 0.135. The predicted octanol–water partition coefficient (Wildman–Crippen LogP) is 1.54. The first-order valence-electron chi connectivity index (χ1n) is 8.33. The molecular formula is C16H35N3O. The molecule has 2 unspecified atom stereocenters. The van der Waals surface area contributed by atoms with Crippen LogP contribution in [0.25, 0.3) is 0 Å². The third-order valence-electron chi connectivity index (χ3n) is 5.11. The van der Waals surface area contributed by atoms with E-state index in [-0.39, 0.29) is 12.1 Å². The molecule has 1 aliphatic rings. The largest absolute Gasteiger partial charge is 0.394 e. The molecule has 2 N–H and O–H groups in total. The summed E-state index contributed by atoms with van der Waals surface area (Å²) in [5, 5.41) is 12.9. The molecule has 0 aromatic rings. The number of hydrogen-bond acceptors (Lipinski definition) is 4. The van der Waals surface area contributed by atoms with Gasteiger partial charge in [0, 0.05) is 18.1 Å². The highest BCUT2D eigenvalue weighted by Gasteiger charge is 2.26. The second kappa shape index (κ2) is 8.98. The maximum Gasteiger partial charge on any atom is 0.0613 e. The van der Waals surface area contributed by atoms with Gasteiger partial charge in [-0.15, -0.1) is 0 Å². The molecule has 4 heteroatoms. The Morgan fingerprint density at radius 2 is 2.05 bits per heavy atom. The normalized spacial score (nSPS) is 25.4. The van der Waals surface area contributed by atoms with Crippen molar-refractivity contribution < 1.29 is 5.11 Å². The van der Waals surface area contributed by atoms with Gasteiger partial charge < -0.3 is 15.3 Å². The van der Waals surface area contributed by atoms with Crippen molar-refractivity contribution in [3.8, 4) is 0 Å². The van der Waals surface area contributed by atoms with E-state index in [0.29, 0.717) is 6.04 Å². The quantitative estimate of drug-likeness (QED) is 0.710. The molecule has 0 radical (unpaired) electrons. The smallest absolute Gasteiger partial charge is 0.0613 e. The molecule has 0 saturated carbocycles. The second-order valence-corrected chi connectivity index (χ2v) is 6.36. The van der Waals surface area contributed by atoms with E-state index in [0.717, 1.165) is 25.8 Å². The van der Waals surface area contributed by atoms with E-state index < -0.39 is 0 Å². The average molecular weight is 285 g/mol. The van der Waals surface area contributed by atoms with Gasteiger partial charge in [-0.2, -0.15) is 0 Å². The summed E-state index contributed by atoms with van der Waals surface area (Å²) in [6.45, 7) is 9.49. The first-order valence-corrected chi connectivity index (χ1v) is 8.33. The fourth-order valence-electron chi connectivity index (χ4n) is 3.34. The highest BCUT2D eigenvalue weighted by molar-refractivity contribution is 4.85. The highest BCUT2D eigenvalue weighted by atomic mass is 16.3. The molecule has 1 fully saturated rings. The molecule has 2 atom stereocenters. The van der Waals surface area contributed by atoms with E-state index in [1.54, 1.807) is 0 Å². The van der Waals surface area contributed by atoms with Crippen LogP contribution in [0.1, 0.15) is 46.0 Å². The number of likely N-dealkylation sites (N-methyl/N-ethyl adjacent to an activating group) is 2. The van der Waals surface area contributed by atoms with Crippen LogP contribution in [-0.4, -0.2) is 73.4 Å². The summed E-state index contributed by atoms with van der Waals surface area (Å²) < 4.78 is 0. The van der Waals surface area contributed by atoms with Crippen LogP contribution in [0.2, 0.25) is 0 Å². The summed E-state index contributed by atoms with van der Waals surface area (Å²) in [7, 11) is 4.20. The van der Waals surface area contributed by atoms with Gasteiger partial charge in [-0.25, -0.2) is 0 Å². The first-order chi connectivity index (χ1) is 9.60. The minimum atomic E-state index is -0.0790. The standard InChI is InChI=1S/C16H35N3O/c1-5-15-13-18(4)10-8-12-19(15)11-7-9-16(6-2,14-20)17-3/h15,17,20H,5-14H2,1-4H3. The second-order valence-electron chi connectivity index (χ2n) is 6.36. The number of rotatable bonds is 8. The van der Waals surface area contributed by atoms with E-state index >= 15 is 0 Å². The van der Waals surface area contributed by atoms with Gasteiger partial charge in [-0.05, 0) is 65.8 Å². The lowest BCUT2D eigenvalue weighted by Crippen LogP contribution is -2.47. The highest BCUT2D eigenvalue weighted by Crippen LogP contribution is 2.19. The third-order valence-corrected chi connectivity index (χ3v) is 5.11. The Kier molecular flexibility index (Phi) is 8.03. The summed E-state index contributed by atoms with van der Waals surface area (Å²) in [5.41, 5.74) is -0.0790. The molecule has 1 rings (SSSR count). The molecule has 120 valence electrons. The van der Waals surface area contributed by atoms with Crippen molar-refractivity contribution in [3.05, 3.63) is 0 Å². The molecule has 0 bridgehead atoms. The van der Waals surface area contributed by atoms with E-state index in [2.05, 4.69) is 36.0 Å². The van der Waals surface area contributed by atoms with Crippen LogP contribution in [0.4, 0.5) is 0 Å². The molecule has 0 aromatic heterocycles. The molecule has 1 saturated heterocycles. The molecule has 1 heterocycles. The average Bonchev–Trinajstić information content (AvgIpc) is 2.65. The molecule has 20 heavy (non-hydrogen) atoms. The van der Waals surface area contributed by atoms with Crippen molar-refractivity contribution in [3.63, 3.8) is 0 Å². The zero-order valence-corrected chi connectivity index (χ0v) is 14.0. The van der Waals surface area contributed by atoms with Gasteiger partial charge >= 0.3 is 0 Å². The fraction of sp³-hybridized carbons (Fsp3) is 1.00. The van der Waals surface area contributed by atoms with Crippen molar-refractivity contribution in [2.75, 3.05) is 46.9 Å². The van der Waals surface area contributed by atoms with Crippen LogP contribution in [-0.2, 0) is 0 Å². The lowest BCUT2D eigenvalue weighted by Gasteiger charge is -2.34. The molecule has 0 aromatic carbocycles. The number of nitrogens with one attached hydrogen (secondary N) is 1. The minimum absolute atomic E-state index is 0.0790. The maximum absolute atomic E-state index is 9.61. The van der Waals surface area contributed by atoms with Crippen molar-refractivity contribution >= 4 is 0 Å². The Balaban J connectivity index is 2.46. The summed E-state index contributed by atoms with van der Waals surface area (Å²) in [5.74, 6) is 0. The molecule has 0 spiro atoms. The van der Waals surface area contributed by atoms with Crippen LogP contribution in [0.5, 0.6) is 0 Å². The Bertz CT molecular complexity index is 248. The lowest BCUT2D eigenvalue weighted by atomic mass is 9.91. The molecular weight excluding hydrogens is 250 g/mol. The zero-order valence-electron chi connectivity index (χ0n) is 14.0. The fourth-order valence-corrected chi connectivity index (χ4v) is 3.34. The maximum atomic E-state index is 9.61. The molecule has 0 amide bonds. The van der Waals surface area contributed by atoms with Gasteiger partial charge in [0.2, 0.25) is 0 Å². The summed E-state index contributed by atoms with van der Waals surface area (Å²) in [4.78, 5) is 5.13.